The van der Waals surface area contributed by atoms with Crippen LogP contribution in [-0.2, 0) is 23.1 Å². The molecule has 4 fully saturated rings. The minimum Gasteiger partial charge on any atom is -0.267 e. The molecule has 0 radical (unpaired) electrons. The molecule has 0 saturated carbocycles. The molecule has 3 amide bonds. The van der Waals surface area contributed by atoms with Crippen LogP contribution in [0.3, 0.4) is 0 Å². The molecule has 2 unspecified atom stereocenters. The summed E-state index contributed by atoms with van der Waals surface area (Å²) in [6, 6.07) is -0.811. The average molecular weight is 192 g/mol. The summed E-state index contributed by atoms with van der Waals surface area (Å²) in [5.41, 5.74) is 0. The van der Waals surface area contributed by atoms with E-state index in [4.69, 9.17) is 0 Å². The van der Waals surface area contributed by atoms with Crippen LogP contribution in [0.15, 0.2) is 0 Å². The van der Waals surface area contributed by atoms with Crippen LogP contribution >= 0.6 is 7.82 Å². The normalized spacial score (nSPS) is 43.5. The van der Waals surface area contributed by atoms with E-state index < -0.39 is 26.0 Å². The molecule has 4 aliphatic rings. The van der Waals surface area contributed by atoms with Crippen molar-refractivity contribution in [2.45, 2.75) is 6.23 Å². The Morgan fingerprint density at radius 2 is 2.08 bits per heavy atom. The lowest BCUT2D eigenvalue weighted by Crippen LogP contribution is -2.36. The summed E-state index contributed by atoms with van der Waals surface area (Å²) in [5, 5.41) is 0.991. The van der Waals surface area contributed by atoms with E-state index in [2.05, 4.69) is 13.8 Å². The Morgan fingerprint density at radius 1 is 1.33 bits per heavy atom. The number of carbonyl (C=O) groups excluding carboxylic acids is 2. The Labute approximate surface area is 65.1 Å². The van der Waals surface area contributed by atoms with Crippen LogP contribution in [-0.4, -0.2) is 28.3 Å². The van der Waals surface area contributed by atoms with Crippen LogP contribution in [0.1, 0.15) is 0 Å². The lowest BCUT2D eigenvalue weighted by Gasteiger charge is -2.21. The molecular weight excluding hydrogens is 191 g/mol. The van der Waals surface area contributed by atoms with Crippen molar-refractivity contribution in [3.05, 3.63) is 0 Å². The Kier molecular flexibility index (Phi) is 0.846. The SMILES string of the molecule is O=C1C2OP3(=O)ON1C(=O)N2O3. The minimum absolute atomic E-state index is 0.387. The van der Waals surface area contributed by atoms with Crippen molar-refractivity contribution in [1.29, 1.82) is 0 Å². The first-order chi connectivity index (χ1) is 5.61. The zero-order valence-electron chi connectivity index (χ0n) is 5.37. The molecule has 0 aliphatic carbocycles. The maximum absolute atomic E-state index is 11.1. The Bertz CT molecular complexity index is 325. The summed E-state index contributed by atoms with van der Waals surface area (Å²) < 4.78 is 24.5. The van der Waals surface area contributed by atoms with Crippen LogP contribution in [0.4, 0.5) is 4.79 Å². The molecule has 12 heavy (non-hydrogen) atoms. The largest absolute Gasteiger partial charge is 0.521 e. The van der Waals surface area contributed by atoms with Crippen molar-refractivity contribution < 1.29 is 27.9 Å². The lowest BCUT2D eigenvalue weighted by atomic mass is 10.6. The molecule has 0 aromatic carbocycles. The molecule has 4 aliphatic heterocycles. The van der Waals surface area contributed by atoms with E-state index in [0.717, 1.165) is 0 Å². The van der Waals surface area contributed by atoms with Gasteiger partial charge in [0.15, 0.2) is 0 Å². The van der Waals surface area contributed by atoms with E-state index in [0.29, 0.717) is 10.1 Å². The number of phosphoric acid groups is 1. The number of nitrogens with zero attached hydrogens (tertiary/aromatic N) is 2. The van der Waals surface area contributed by atoms with Gasteiger partial charge in [0.1, 0.15) is 0 Å². The first kappa shape index (κ1) is 6.55. The second kappa shape index (κ2) is 1.55. The monoisotopic (exact) mass is 192 g/mol. The number of imide groups is 1. The van der Waals surface area contributed by atoms with Gasteiger partial charge in [-0.15, -0.1) is 10.1 Å². The highest BCUT2D eigenvalue weighted by atomic mass is 31.2. The van der Waals surface area contributed by atoms with Crippen LogP contribution < -0.4 is 0 Å². The predicted octanol–water partition coefficient (Wildman–Crippen LogP) is -0.408. The van der Waals surface area contributed by atoms with Gasteiger partial charge in [0, 0.05) is 0 Å². The molecule has 64 valence electrons. The van der Waals surface area contributed by atoms with Crippen molar-refractivity contribution >= 4 is 19.8 Å². The number of hydroxylamine groups is 4. The van der Waals surface area contributed by atoms with E-state index in [9.17, 15) is 14.2 Å². The van der Waals surface area contributed by atoms with Gasteiger partial charge in [0.2, 0.25) is 0 Å². The topological polar surface area (TPSA) is 85.4 Å². The smallest absolute Gasteiger partial charge is 0.267 e. The van der Waals surface area contributed by atoms with E-state index >= 15 is 0 Å². The Hall–Kier alpha value is -0.950. The summed E-state index contributed by atoms with van der Waals surface area (Å²) in [7, 11) is -3.69. The van der Waals surface area contributed by atoms with Crippen molar-refractivity contribution in [2.75, 3.05) is 0 Å². The quantitative estimate of drug-likeness (QED) is 0.383. The lowest BCUT2D eigenvalue weighted by molar-refractivity contribution is -0.158. The molecule has 4 heterocycles. The first-order valence-electron chi connectivity index (χ1n) is 2.96. The van der Waals surface area contributed by atoms with Gasteiger partial charge in [0.05, 0.1) is 0 Å². The third kappa shape index (κ3) is 0.506. The summed E-state index contributed by atoms with van der Waals surface area (Å²) >= 11 is 0. The number of rotatable bonds is 0. The molecule has 4 saturated heterocycles. The maximum atomic E-state index is 11.1. The summed E-state index contributed by atoms with van der Waals surface area (Å²) in [4.78, 5) is 21.9. The van der Waals surface area contributed by atoms with Gasteiger partial charge in [-0.3, -0.25) is 4.79 Å². The van der Waals surface area contributed by atoms with Crippen LogP contribution in [0.5, 0.6) is 0 Å². The van der Waals surface area contributed by atoms with Gasteiger partial charge in [-0.05, 0) is 0 Å². The molecule has 8 nitrogen and oxygen atoms in total. The van der Waals surface area contributed by atoms with E-state index in [-0.39, 0.29) is 0 Å². The number of hydrogen-bond acceptors (Lipinski definition) is 6. The number of urea groups is 1. The standard InChI is InChI=1S/C3HN2O6P/c6-1-2-5-3(7)4(1)10-12(8,9-2)11-5/h2H. The number of hydrogen-bond donors (Lipinski definition) is 0. The highest BCUT2D eigenvalue weighted by Crippen LogP contribution is 2.63. The first-order valence-corrected chi connectivity index (χ1v) is 4.42. The minimum atomic E-state index is -3.69. The predicted molar refractivity (Wildman–Crippen MR) is 28.7 cm³/mol. The van der Waals surface area contributed by atoms with Gasteiger partial charge in [0.25, 0.3) is 6.23 Å². The van der Waals surface area contributed by atoms with Gasteiger partial charge in [-0.2, -0.15) is 9.25 Å². The molecule has 4 bridgehead atoms. The second-order valence-corrected chi connectivity index (χ2v) is 3.74. The third-order valence-electron chi connectivity index (χ3n) is 1.59. The summed E-state index contributed by atoms with van der Waals surface area (Å²) in [5.74, 6) is -0.719. The zero-order valence-corrected chi connectivity index (χ0v) is 6.26. The molecule has 4 rings (SSSR count). The van der Waals surface area contributed by atoms with Gasteiger partial charge < -0.3 is 0 Å². The highest BCUT2D eigenvalue weighted by molar-refractivity contribution is 7.48. The van der Waals surface area contributed by atoms with E-state index in [1.165, 1.54) is 0 Å². The fourth-order valence-electron chi connectivity index (χ4n) is 1.11. The van der Waals surface area contributed by atoms with E-state index in [1.807, 2.05) is 0 Å². The third-order valence-corrected chi connectivity index (χ3v) is 2.78. The van der Waals surface area contributed by atoms with Gasteiger partial charge in [-0.1, -0.05) is 0 Å². The fourth-order valence-corrected chi connectivity index (χ4v) is 2.36. The number of carbonyl (C=O) groups is 2. The Morgan fingerprint density at radius 3 is 2.67 bits per heavy atom. The van der Waals surface area contributed by atoms with Crippen molar-refractivity contribution in [3.63, 3.8) is 0 Å². The molecule has 0 aromatic heterocycles. The fraction of sp³-hybridized carbons (Fsp3) is 0.333. The van der Waals surface area contributed by atoms with Crippen LogP contribution in [0, 0.1) is 0 Å². The van der Waals surface area contributed by atoms with Crippen LogP contribution in [0.25, 0.3) is 0 Å². The van der Waals surface area contributed by atoms with Gasteiger partial charge in [-0.25, -0.2) is 13.9 Å². The van der Waals surface area contributed by atoms with Crippen molar-refractivity contribution in [2.24, 2.45) is 0 Å². The Balaban J connectivity index is 2.19. The molecular formula is C3HN2O6P. The molecule has 0 N–H and O–H groups in total. The second-order valence-electron chi connectivity index (χ2n) is 2.31. The van der Waals surface area contributed by atoms with Crippen molar-refractivity contribution in [3.8, 4) is 0 Å². The molecule has 0 spiro atoms. The molecule has 2 atom stereocenters. The summed E-state index contributed by atoms with van der Waals surface area (Å²) in [6.07, 6.45) is -1.22. The highest BCUT2D eigenvalue weighted by Gasteiger charge is 2.67. The van der Waals surface area contributed by atoms with Crippen molar-refractivity contribution in [1.82, 2.24) is 10.1 Å². The van der Waals surface area contributed by atoms with Crippen LogP contribution in [0.2, 0.25) is 0 Å². The molecule has 0 aromatic rings. The number of amides is 3. The maximum Gasteiger partial charge on any atom is 0.521 e. The zero-order chi connectivity index (χ0) is 8.51. The average Bonchev–Trinajstić information content (AvgIpc) is 2.36. The van der Waals surface area contributed by atoms with Gasteiger partial charge >= 0.3 is 19.8 Å². The molecule has 9 heteroatoms. The van der Waals surface area contributed by atoms with E-state index in [1.54, 1.807) is 0 Å². The summed E-state index contributed by atoms with van der Waals surface area (Å²) in [6.45, 7) is 0.